The number of halogens is 5. The summed E-state index contributed by atoms with van der Waals surface area (Å²) in [6.07, 6.45) is 2.50. The zero-order valence-corrected chi connectivity index (χ0v) is 19.2. The molecule has 3 rings (SSSR count). The van der Waals surface area contributed by atoms with E-state index in [0.29, 0.717) is 11.1 Å². The quantitative estimate of drug-likeness (QED) is 0.179. The molecule has 0 saturated heterocycles. The van der Waals surface area contributed by atoms with Crippen molar-refractivity contribution in [3.05, 3.63) is 66.4 Å². The fourth-order valence-corrected chi connectivity index (χ4v) is 3.50. The molecule has 7 nitrogen and oxygen atoms in total. The third kappa shape index (κ3) is 5.78. The van der Waals surface area contributed by atoms with E-state index in [2.05, 4.69) is 14.2 Å². The maximum atomic E-state index is 14.7. The fraction of sp³-hybridized carbons (Fsp3) is 0.200. The highest BCUT2D eigenvalue weighted by atomic mass is 32.2. The van der Waals surface area contributed by atoms with Gasteiger partial charge in [-0.15, -0.1) is 0 Å². The van der Waals surface area contributed by atoms with E-state index in [0.717, 1.165) is 12.3 Å². The summed E-state index contributed by atoms with van der Waals surface area (Å²) in [4.78, 5) is 7.91. The van der Waals surface area contributed by atoms with Gasteiger partial charge < -0.3 is 9.47 Å². The average Bonchev–Trinajstić information content (AvgIpc) is 2.78. The van der Waals surface area contributed by atoms with Gasteiger partial charge in [0.05, 0.1) is 19.0 Å². The molecule has 0 fully saturated rings. The molecule has 3 aromatic rings. The van der Waals surface area contributed by atoms with Crippen LogP contribution < -0.4 is 9.47 Å². The van der Waals surface area contributed by atoms with Gasteiger partial charge in [-0.1, -0.05) is 9.24 Å². The third-order valence-electron chi connectivity index (χ3n) is 4.31. The van der Waals surface area contributed by atoms with Gasteiger partial charge in [-0.3, -0.25) is 9.17 Å². The molecule has 2 unspecified atom stereocenters. The van der Waals surface area contributed by atoms with Crippen molar-refractivity contribution in [2.24, 2.45) is 0 Å². The molecule has 0 aliphatic carbocycles. The number of nitrogens with zero attached hydrogens (tertiary/aromatic N) is 2. The number of rotatable bonds is 8. The molecule has 0 spiro atoms. The van der Waals surface area contributed by atoms with Crippen LogP contribution in [0.3, 0.4) is 0 Å². The Labute approximate surface area is 193 Å². The highest BCUT2D eigenvalue weighted by Gasteiger charge is 2.48. The minimum Gasteiger partial charge on any atom is -0.496 e. The first-order valence-electron chi connectivity index (χ1n) is 9.21. The van der Waals surface area contributed by atoms with Gasteiger partial charge in [-0.05, 0) is 36.4 Å². The Morgan fingerprint density at radius 1 is 1.03 bits per heavy atom. The number of benzene rings is 1. The van der Waals surface area contributed by atoms with Crippen LogP contribution in [0.2, 0.25) is 0 Å². The number of pyridine rings is 2. The minimum absolute atomic E-state index is 0.0782. The maximum absolute atomic E-state index is 14.7. The van der Waals surface area contributed by atoms with E-state index in [1.54, 1.807) is 21.4 Å². The maximum Gasteiger partial charge on any atom is 0.523 e. The number of alkyl halides is 4. The van der Waals surface area contributed by atoms with Gasteiger partial charge in [0.2, 0.25) is 5.88 Å². The zero-order valence-electron chi connectivity index (χ0n) is 17.2. The van der Waals surface area contributed by atoms with Crippen molar-refractivity contribution in [1.82, 2.24) is 9.97 Å². The Bertz CT molecular complexity index is 1270. The van der Waals surface area contributed by atoms with Crippen LogP contribution in [-0.2, 0) is 19.7 Å². The smallest absolute Gasteiger partial charge is 0.496 e. The van der Waals surface area contributed by atoms with Crippen molar-refractivity contribution < 1.29 is 44.0 Å². The van der Waals surface area contributed by atoms with Crippen molar-refractivity contribution in [2.45, 2.75) is 10.9 Å². The molecule has 2 aromatic heterocycles. The first-order chi connectivity index (χ1) is 15.8. The molecule has 0 N–H and O–H groups in total. The molecule has 14 heteroatoms. The first kappa shape index (κ1) is 25.7. The van der Waals surface area contributed by atoms with Crippen LogP contribution in [0.5, 0.6) is 17.4 Å². The summed E-state index contributed by atoms with van der Waals surface area (Å²) < 4.78 is 102. The van der Waals surface area contributed by atoms with Crippen LogP contribution in [0.4, 0.5) is 22.0 Å². The molecular weight excluding hydrogens is 506 g/mol. The summed E-state index contributed by atoms with van der Waals surface area (Å²) in [7, 11) is -3.05. The van der Waals surface area contributed by atoms with Crippen LogP contribution >= 0.6 is 9.24 Å². The van der Waals surface area contributed by atoms with Crippen molar-refractivity contribution in [1.29, 1.82) is 0 Å². The third-order valence-corrected chi connectivity index (χ3v) is 5.77. The lowest BCUT2D eigenvalue weighted by Crippen LogP contribution is -2.30. The van der Waals surface area contributed by atoms with Crippen LogP contribution in [0.1, 0.15) is 5.69 Å². The highest BCUT2D eigenvalue weighted by molar-refractivity contribution is 7.87. The summed E-state index contributed by atoms with van der Waals surface area (Å²) in [6.45, 7) is -1.47. The predicted octanol–water partition coefficient (Wildman–Crippen LogP) is 4.95. The first-order valence-corrected chi connectivity index (χ1v) is 11.2. The summed E-state index contributed by atoms with van der Waals surface area (Å²) >= 11 is 0. The Balaban J connectivity index is 1.81. The molecule has 0 radical (unpaired) electrons. The van der Waals surface area contributed by atoms with E-state index in [1.165, 1.54) is 37.6 Å². The standard InChI is InChI=1S/C20H16F5N2O5PS/c1-30-16-9-12(21)4-6-14(16)15-3-2-8-26-18(15)32-13-5-7-17(27-10-13)19(22,33)11-31-34(28,29)20(23,24)25/h2-10H,11,33H2,1H3. The van der Waals surface area contributed by atoms with E-state index in [-0.39, 0.29) is 17.4 Å². The monoisotopic (exact) mass is 522 g/mol. The molecule has 182 valence electrons. The Hall–Kier alpha value is -2.89. The molecule has 0 bridgehead atoms. The van der Waals surface area contributed by atoms with E-state index >= 15 is 0 Å². The van der Waals surface area contributed by atoms with Gasteiger partial charge in [-0.25, -0.2) is 13.8 Å². The molecule has 0 aliphatic rings. The highest BCUT2D eigenvalue weighted by Crippen LogP contribution is 2.38. The largest absolute Gasteiger partial charge is 0.523 e. The van der Waals surface area contributed by atoms with Gasteiger partial charge in [0, 0.05) is 23.4 Å². The molecule has 0 amide bonds. The molecule has 0 saturated carbocycles. The second-order valence-electron chi connectivity index (χ2n) is 6.71. The number of hydrogen-bond acceptors (Lipinski definition) is 7. The van der Waals surface area contributed by atoms with Crippen molar-refractivity contribution in [3.8, 4) is 28.5 Å². The molecule has 2 atom stereocenters. The van der Waals surface area contributed by atoms with Crippen LogP contribution in [-0.4, -0.2) is 37.6 Å². The SMILES string of the molecule is COc1cc(F)ccc1-c1cccnc1Oc1ccc(C(F)(P)COS(=O)(=O)C(F)(F)F)nc1. The topological polar surface area (TPSA) is 87.6 Å². The molecule has 34 heavy (non-hydrogen) atoms. The van der Waals surface area contributed by atoms with Crippen LogP contribution in [0, 0.1) is 5.82 Å². The van der Waals surface area contributed by atoms with Gasteiger partial charge in [0.25, 0.3) is 0 Å². The Morgan fingerprint density at radius 2 is 1.76 bits per heavy atom. The summed E-state index contributed by atoms with van der Waals surface area (Å²) in [6, 6.07) is 9.47. The number of hydrogen-bond donors (Lipinski definition) is 0. The Kier molecular flexibility index (Phi) is 7.39. The molecule has 0 aliphatic heterocycles. The molecule has 1 aromatic carbocycles. The lowest BCUT2D eigenvalue weighted by atomic mass is 10.1. The minimum atomic E-state index is -5.98. The van der Waals surface area contributed by atoms with Gasteiger partial charge in [0.15, 0.2) is 5.41 Å². The summed E-state index contributed by atoms with van der Waals surface area (Å²) in [5.41, 5.74) is -5.19. The zero-order chi connectivity index (χ0) is 25.1. The van der Waals surface area contributed by atoms with E-state index in [1.807, 2.05) is 0 Å². The number of methoxy groups -OCH3 is 1. The second kappa shape index (κ2) is 9.77. The van der Waals surface area contributed by atoms with Gasteiger partial charge in [0.1, 0.15) is 23.9 Å². The normalized spacial score (nSPS) is 13.9. The van der Waals surface area contributed by atoms with Crippen molar-refractivity contribution in [3.63, 3.8) is 0 Å². The molecule has 2 heterocycles. The predicted molar refractivity (Wildman–Crippen MR) is 114 cm³/mol. The lowest BCUT2D eigenvalue weighted by Gasteiger charge is -2.20. The lowest BCUT2D eigenvalue weighted by molar-refractivity contribution is -0.0559. The molecular formula is C20H16F5N2O5PS. The van der Waals surface area contributed by atoms with Crippen molar-refractivity contribution in [2.75, 3.05) is 13.7 Å². The number of aromatic nitrogens is 2. The summed E-state index contributed by atoms with van der Waals surface area (Å²) in [5.74, 6) is -0.121. The van der Waals surface area contributed by atoms with E-state index < -0.39 is 39.2 Å². The van der Waals surface area contributed by atoms with Crippen molar-refractivity contribution >= 4 is 19.4 Å². The van der Waals surface area contributed by atoms with Crippen LogP contribution in [0.25, 0.3) is 11.1 Å². The van der Waals surface area contributed by atoms with Crippen LogP contribution in [0.15, 0.2) is 54.9 Å². The fourth-order valence-electron chi connectivity index (χ4n) is 2.67. The second-order valence-corrected chi connectivity index (χ2v) is 9.23. The summed E-state index contributed by atoms with van der Waals surface area (Å²) in [5, 5.41) is -2.74. The van der Waals surface area contributed by atoms with Gasteiger partial charge >= 0.3 is 15.6 Å². The number of ether oxygens (including phenoxy) is 2. The van der Waals surface area contributed by atoms with Gasteiger partial charge in [-0.2, -0.15) is 21.6 Å². The van der Waals surface area contributed by atoms with E-state index in [9.17, 15) is 30.4 Å². The average molecular weight is 522 g/mol. The van der Waals surface area contributed by atoms with E-state index in [4.69, 9.17) is 9.47 Å². The Morgan fingerprint density at radius 3 is 2.38 bits per heavy atom.